The van der Waals surface area contributed by atoms with Gasteiger partial charge < -0.3 is 14.5 Å². The molecule has 0 N–H and O–H groups in total. The fraction of sp³-hybridized carbons (Fsp3) is 0.333. The van der Waals surface area contributed by atoms with E-state index in [2.05, 4.69) is 46.4 Å². The van der Waals surface area contributed by atoms with Crippen LogP contribution in [0.2, 0.25) is 0 Å². The summed E-state index contributed by atoms with van der Waals surface area (Å²) in [5.41, 5.74) is 2.19. The van der Waals surface area contributed by atoms with E-state index in [0.717, 1.165) is 53.2 Å². The summed E-state index contributed by atoms with van der Waals surface area (Å²) in [7, 11) is 0. The van der Waals surface area contributed by atoms with Crippen LogP contribution in [0.3, 0.4) is 0 Å². The Morgan fingerprint density at radius 3 is 2.41 bits per heavy atom. The van der Waals surface area contributed by atoms with Crippen molar-refractivity contribution in [1.82, 2.24) is 9.97 Å². The molecule has 1 aliphatic heterocycles. The second kappa shape index (κ2) is 8.01. The van der Waals surface area contributed by atoms with E-state index in [9.17, 15) is 0 Å². The molecule has 0 spiro atoms. The Bertz CT molecular complexity index is 1150. The SMILES string of the molecule is CCOc1ccc2nc(N3CCN(c4nc5c(SC)cccc5s4)CC3)sc2c1. The van der Waals surface area contributed by atoms with Gasteiger partial charge in [-0.1, -0.05) is 28.7 Å². The monoisotopic (exact) mass is 442 g/mol. The van der Waals surface area contributed by atoms with Gasteiger partial charge in [-0.25, -0.2) is 9.97 Å². The van der Waals surface area contributed by atoms with Crippen molar-refractivity contribution >= 4 is 65.1 Å². The number of fused-ring (bicyclic) bond motifs is 2. The van der Waals surface area contributed by atoms with Crippen LogP contribution in [0.15, 0.2) is 41.3 Å². The fourth-order valence-electron chi connectivity index (χ4n) is 3.59. The van der Waals surface area contributed by atoms with E-state index in [1.165, 1.54) is 14.3 Å². The summed E-state index contributed by atoms with van der Waals surface area (Å²) in [5.74, 6) is 0.917. The van der Waals surface area contributed by atoms with Crippen LogP contribution < -0.4 is 14.5 Å². The molecule has 150 valence electrons. The van der Waals surface area contributed by atoms with Gasteiger partial charge in [0.05, 0.1) is 27.0 Å². The lowest BCUT2D eigenvalue weighted by atomic mass is 10.3. The molecule has 8 heteroatoms. The maximum Gasteiger partial charge on any atom is 0.186 e. The topological polar surface area (TPSA) is 41.5 Å². The van der Waals surface area contributed by atoms with E-state index in [1.807, 2.05) is 13.0 Å². The van der Waals surface area contributed by atoms with Gasteiger partial charge >= 0.3 is 0 Å². The normalized spacial score (nSPS) is 14.8. The Morgan fingerprint density at radius 1 is 0.966 bits per heavy atom. The van der Waals surface area contributed by atoms with Crippen LogP contribution in [-0.2, 0) is 0 Å². The van der Waals surface area contributed by atoms with Gasteiger partial charge in [-0.2, -0.15) is 0 Å². The number of thiazole rings is 2. The summed E-state index contributed by atoms with van der Waals surface area (Å²) in [6, 6.07) is 12.6. The number of piperazine rings is 1. The Labute approximate surface area is 182 Å². The Morgan fingerprint density at radius 2 is 1.69 bits per heavy atom. The van der Waals surface area contributed by atoms with E-state index >= 15 is 0 Å². The summed E-state index contributed by atoms with van der Waals surface area (Å²) < 4.78 is 8.08. The summed E-state index contributed by atoms with van der Waals surface area (Å²) in [5, 5.41) is 2.23. The molecule has 1 fully saturated rings. The molecule has 0 aliphatic carbocycles. The number of hydrogen-bond donors (Lipinski definition) is 0. The molecule has 3 heterocycles. The van der Waals surface area contributed by atoms with Crippen molar-refractivity contribution in [2.24, 2.45) is 0 Å². The van der Waals surface area contributed by atoms with Crippen molar-refractivity contribution in [2.75, 3.05) is 48.8 Å². The Balaban J connectivity index is 1.32. The number of nitrogens with zero attached hydrogens (tertiary/aromatic N) is 4. The second-order valence-corrected chi connectivity index (χ2v) is 9.70. The van der Waals surface area contributed by atoms with Crippen LogP contribution in [-0.4, -0.2) is 49.0 Å². The first-order valence-electron chi connectivity index (χ1n) is 9.72. The van der Waals surface area contributed by atoms with Gasteiger partial charge in [0.1, 0.15) is 5.75 Å². The number of para-hydroxylation sites is 1. The smallest absolute Gasteiger partial charge is 0.186 e. The Kier molecular flexibility index (Phi) is 5.24. The Hall–Kier alpha value is -2.03. The van der Waals surface area contributed by atoms with Crippen LogP contribution in [0.5, 0.6) is 5.75 Å². The quantitative estimate of drug-likeness (QED) is 0.388. The zero-order chi connectivity index (χ0) is 19.8. The van der Waals surface area contributed by atoms with Gasteiger partial charge in [0.25, 0.3) is 0 Å². The van der Waals surface area contributed by atoms with Crippen molar-refractivity contribution in [3.05, 3.63) is 36.4 Å². The van der Waals surface area contributed by atoms with Crippen molar-refractivity contribution in [1.29, 1.82) is 0 Å². The first kappa shape index (κ1) is 19.0. The molecule has 0 amide bonds. The summed E-state index contributed by atoms with van der Waals surface area (Å²) in [6.07, 6.45) is 2.11. The van der Waals surface area contributed by atoms with Crippen LogP contribution >= 0.6 is 34.4 Å². The highest BCUT2D eigenvalue weighted by molar-refractivity contribution is 7.98. The van der Waals surface area contributed by atoms with Gasteiger partial charge in [-0.15, -0.1) is 11.8 Å². The molecule has 1 saturated heterocycles. The molecule has 1 aliphatic rings. The van der Waals surface area contributed by atoms with E-state index in [4.69, 9.17) is 14.7 Å². The first-order valence-corrected chi connectivity index (χ1v) is 12.6. The van der Waals surface area contributed by atoms with Gasteiger partial charge in [-0.05, 0) is 43.5 Å². The number of rotatable bonds is 5. The molecule has 0 radical (unpaired) electrons. The molecule has 29 heavy (non-hydrogen) atoms. The molecule has 0 saturated carbocycles. The zero-order valence-corrected chi connectivity index (χ0v) is 18.9. The van der Waals surface area contributed by atoms with Crippen molar-refractivity contribution in [3.63, 3.8) is 0 Å². The fourth-order valence-corrected chi connectivity index (χ4v) is 6.30. The molecule has 2 aromatic heterocycles. The molecular formula is C21H22N4OS3. The largest absolute Gasteiger partial charge is 0.494 e. The summed E-state index contributed by atoms with van der Waals surface area (Å²) in [4.78, 5) is 15.8. The van der Waals surface area contributed by atoms with Crippen molar-refractivity contribution in [3.8, 4) is 5.75 Å². The molecule has 5 rings (SSSR count). The van der Waals surface area contributed by atoms with E-state index in [1.54, 1.807) is 34.4 Å². The number of aromatic nitrogens is 2. The minimum Gasteiger partial charge on any atom is -0.494 e. The van der Waals surface area contributed by atoms with Crippen LogP contribution in [0.25, 0.3) is 20.4 Å². The van der Waals surface area contributed by atoms with Crippen LogP contribution in [0, 0.1) is 0 Å². The highest BCUT2D eigenvalue weighted by Gasteiger charge is 2.22. The van der Waals surface area contributed by atoms with Gasteiger partial charge in [-0.3, -0.25) is 0 Å². The van der Waals surface area contributed by atoms with Gasteiger partial charge in [0.2, 0.25) is 0 Å². The number of anilines is 2. The van der Waals surface area contributed by atoms with E-state index < -0.39 is 0 Å². The number of benzene rings is 2. The highest BCUT2D eigenvalue weighted by Crippen LogP contribution is 2.36. The average molecular weight is 443 g/mol. The predicted molar refractivity (Wildman–Crippen MR) is 127 cm³/mol. The second-order valence-electron chi connectivity index (χ2n) is 6.84. The molecular weight excluding hydrogens is 420 g/mol. The molecule has 0 atom stereocenters. The minimum atomic E-state index is 0.684. The summed E-state index contributed by atoms with van der Waals surface area (Å²) in [6.45, 7) is 6.55. The first-order chi connectivity index (χ1) is 14.2. The highest BCUT2D eigenvalue weighted by atomic mass is 32.2. The number of ether oxygens (including phenoxy) is 1. The van der Waals surface area contributed by atoms with Gasteiger partial charge in [0.15, 0.2) is 10.3 Å². The van der Waals surface area contributed by atoms with Crippen molar-refractivity contribution in [2.45, 2.75) is 11.8 Å². The van der Waals surface area contributed by atoms with Gasteiger partial charge in [0, 0.05) is 31.1 Å². The lowest BCUT2D eigenvalue weighted by molar-refractivity contribution is 0.341. The average Bonchev–Trinajstić information content (AvgIpc) is 3.38. The summed E-state index contributed by atoms with van der Waals surface area (Å²) >= 11 is 5.31. The van der Waals surface area contributed by atoms with Crippen LogP contribution in [0.1, 0.15) is 6.92 Å². The molecule has 0 bridgehead atoms. The third-order valence-corrected chi connectivity index (χ3v) is 8.00. The molecule has 5 nitrogen and oxygen atoms in total. The predicted octanol–water partition coefficient (Wildman–Crippen LogP) is 5.35. The van der Waals surface area contributed by atoms with E-state index in [0.29, 0.717) is 6.61 Å². The zero-order valence-electron chi connectivity index (χ0n) is 16.4. The third kappa shape index (κ3) is 3.65. The molecule has 4 aromatic rings. The van der Waals surface area contributed by atoms with E-state index in [-0.39, 0.29) is 0 Å². The van der Waals surface area contributed by atoms with Crippen molar-refractivity contribution < 1.29 is 4.74 Å². The molecule has 2 aromatic carbocycles. The maximum atomic E-state index is 5.62. The standard InChI is InChI=1S/C21H22N4OS3/c1-3-26-14-7-8-15-18(13-14)29-20(22-15)24-9-11-25(12-10-24)21-23-19-16(27-2)5-4-6-17(19)28-21/h4-8,13H,3,9-12H2,1-2H3. The third-order valence-electron chi connectivity index (χ3n) is 5.07. The van der Waals surface area contributed by atoms with Crippen LogP contribution in [0.4, 0.5) is 10.3 Å². The lowest BCUT2D eigenvalue weighted by Gasteiger charge is -2.34. The number of hydrogen-bond acceptors (Lipinski definition) is 8. The lowest BCUT2D eigenvalue weighted by Crippen LogP contribution is -2.46. The minimum absolute atomic E-state index is 0.684. The maximum absolute atomic E-state index is 5.62. The number of thioether (sulfide) groups is 1. The molecule has 0 unspecified atom stereocenters.